The van der Waals surface area contributed by atoms with E-state index < -0.39 is 149 Å². The SMILES string of the molecule is CN(C(=O)OC(C)(C)C)[C@@H]1[C@@H](O)[C@@H](O[C@@H]2[C@@H](O)[C@H](O[C@H]3OC(CNC[C@H]4C[C@H](NC(=O)OC(C)(C)C)C4)=CC[C@H]3NC(=O)OC(C)(C)C)[C@@H](NC(=O)OC(C)(C)C)C[C@H]2NC(=O)C2(O)CC(NC(=O)OC(C)(C)C)C2)OC[C@]1(C)O. The fourth-order valence-corrected chi connectivity index (χ4v) is 9.96. The van der Waals surface area contributed by atoms with Gasteiger partial charge in [-0.3, -0.25) is 4.79 Å². The third kappa shape index (κ3) is 19.6. The molecule has 10 N–H and O–H groups in total. The Morgan fingerprint density at radius 2 is 1.06 bits per heavy atom. The lowest BCUT2D eigenvalue weighted by molar-refractivity contribution is -0.311. The van der Waals surface area contributed by atoms with Gasteiger partial charge in [0.2, 0.25) is 6.29 Å². The molecular weight excluding hydrogens is 1050 g/mol. The summed E-state index contributed by atoms with van der Waals surface area (Å²) in [6.45, 7) is 26.9. The van der Waals surface area contributed by atoms with Crippen molar-refractivity contribution in [3.63, 3.8) is 0 Å². The van der Waals surface area contributed by atoms with Gasteiger partial charge in [-0.1, -0.05) is 0 Å². The summed E-state index contributed by atoms with van der Waals surface area (Å²) in [6.07, 6.45) is -11.4. The van der Waals surface area contributed by atoms with E-state index in [1.54, 1.807) is 110 Å². The standard InChI is InChI=1S/C54H93N7O19/c1-48(2,3)76-43(65)56-29-20-28(21-29)25-55-26-31-18-19-32(59-45(67)78-50(7,8)9)40(73-31)74-38-34(60-46(68)79-51(10,11)12)22-33(58-42(64)54(71)23-30(24-54)57-44(66)77-49(4,5)6)37(35(38)62)75-41-36(63)39(53(16,70)27-72-41)61(17)47(69)80-52(13,14)15/h18,28-30,32-41,55,62-63,70-71H,19-27H2,1-17H3,(H,56,65)(H,57,66)(H,58,64)(H,59,67)(H,60,68)/t28-,29-,30?,32-,33-,34+,35-,36-,37+,38-,39-,40-,41-,53+,54?/m1/s1. The largest absolute Gasteiger partial charge is 0.466 e. The molecule has 0 spiro atoms. The lowest BCUT2D eigenvalue weighted by Crippen LogP contribution is -2.72. The molecule has 5 rings (SSSR count). The second-order valence-electron chi connectivity index (χ2n) is 27.1. The van der Waals surface area contributed by atoms with Crippen LogP contribution in [-0.4, -0.2) is 201 Å². The van der Waals surface area contributed by atoms with Gasteiger partial charge in [0, 0.05) is 32.0 Å². The van der Waals surface area contributed by atoms with Crippen LogP contribution in [0.1, 0.15) is 149 Å². The summed E-state index contributed by atoms with van der Waals surface area (Å²) in [5, 5.41) is 65.3. The minimum atomic E-state index is -2.05. The number of amides is 6. The topological polar surface area (TPSA) is 342 Å². The Kier molecular flexibility index (Phi) is 20.8. The van der Waals surface area contributed by atoms with Crippen molar-refractivity contribution in [2.75, 3.05) is 26.7 Å². The van der Waals surface area contributed by atoms with Crippen molar-refractivity contribution in [1.29, 1.82) is 0 Å². The van der Waals surface area contributed by atoms with Gasteiger partial charge in [-0.05, 0) is 155 Å². The summed E-state index contributed by atoms with van der Waals surface area (Å²) in [5.41, 5.74) is -8.27. The first kappa shape index (κ1) is 65.8. The summed E-state index contributed by atoms with van der Waals surface area (Å²) in [4.78, 5) is 80.8. The van der Waals surface area contributed by atoms with Crippen LogP contribution in [0.25, 0.3) is 0 Å². The molecule has 26 heteroatoms. The average Bonchev–Trinajstić information content (AvgIpc) is 3.22. The van der Waals surface area contributed by atoms with Crippen LogP contribution in [0.15, 0.2) is 11.8 Å². The average molecular weight is 1140 g/mol. The van der Waals surface area contributed by atoms with Crippen molar-refractivity contribution in [3.05, 3.63) is 11.8 Å². The second kappa shape index (κ2) is 25.3. The van der Waals surface area contributed by atoms with Crippen molar-refractivity contribution in [1.82, 2.24) is 36.8 Å². The van der Waals surface area contributed by atoms with E-state index in [-0.39, 0.29) is 44.2 Å². The molecule has 3 aliphatic carbocycles. The Balaban J connectivity index is 1.46. The van der Waals surface area contributed by atoms with Crippen LogP contribution in [0.3, 0.4) is 0 Å². The van der Waals surface area contributed by atoms with Crippen LogP contribution in [0.5, 0.6) is 0 Å². The number of carbonyl (C=O) groups is 6. The lowest BCUT2D eigenvalue weighted by atomic mass is 9.74. The number of aliphatic hydroxyl groups is 4. The summed E-state index contributed by atoms with van der Waals surface area (Å²) < 4.78 is 53.1. The van der Waals surface area contributed by atoms with Crippen molar-refractivity contribution >= 4 is 36.4 Å². The molecule has 0 aromatic carbocycles. The normalized spacial score (nSPS) is 32.9. The summed E-state index contributed by atoms with van der Waals surface area (Å²) in [6, 6.07) is -5.74. The Labute approximate surface area is 470 Å². The van der Waals surface area contributed by atoms with Gasteiger partial charge in [0.25, 0.3) is 5.91 Å². The van der Waals surface area contributed by atoms with E-state index in [2.05, 4.69) is 31.9 Å². The predicted molar refractivity (Wildman–Crippen MR) is 286 cm³/mol. The van der Waals surface area contributed by atoms with Crippen LogP contribution in [-0.2, 0) is 47.4 Å². The fourth-order valence-electron chi connectivity index (χ4n) is 9.96. The molecule has 3 saturated carbocycles. The van der Waals surface area contributed by atoms with E-state index in [1.807, 2.05) is 0 Å². The molecule has 458 valence electrons. The maximum Gasteiger partial charge on any atom is 0.410 e. The molecule has 6 amide bonds. The number of ether oxygens (including phenoxy) is 9. The number of alkyl carbamates (subject to hydrolysis) is 4. The Bertz CT molecular complexity index is 2200. The number of hydrogen-bond donors (Lipinski definition) is 10. The molecule has 2 aliphatic heterocycles. The molecule has 2 heterocycles. The van der Waals surface area contributed by atoms with Gasteiger partial charge >= 0.3 is 30.5 Å². The number of hydrogen-bond acceptors (Lipinski definition) is 20. The quantitative estimate of drug-likeness (QED) is 0.105. The molecule has 26 nitrogen and oxygen atoms in total. The predicted octanol–water partition coefficient (Wildman–Crippen LogP) is 3.44. The third-order valence-corrected chi connectivity index (χ3v) is 13.4. The first-order valence-electron chi connectivity index (χ1n) is 27.5. The van der Waals surface area contributed by atoms with Crippen molar-refractivity contribution in [3.8, 4) is 0 Å². The van der Waals surface area contributed by atoms with E-state index in [0.717, 1.165) is 4.90 Å². The van der Waals surface area contributed by atoms with Crippen LogP contribution < -0.4 is 31.9 Å². The van der Waals surface area contributed by atoms with Crippen LogP contribution in [0.4, 0.5) is 24.0 Å². The molecule has 0 aromatic heterocycles. The first-order valence-corrected chi connectivity index (χ1v) is 27.5. The van der Waals surface area contributed by atoms with Crippen LogP contribution >= 0.6 is 0 Å². The zero-order valence-electron chi connectivity index (χ0n) is 49.8. The number of nitrogens with one attached hydrogen (secondary N) is 6. The summed E-state index contributed by atoms with van der Waals surface area (Å²) in [7, 11) is 1.32. The van der Waals surface area contributed by atoms with Gasteiger partial charge < -0.3 is 99.9 Å². The second-order valence-corrected chi connectivity index (χ2v) is 27.1. The molecule has 11 atom stereocenters. The molecule has 0 aromatic rings. The summed E-state index contributed by atoms with van der Waals surface area (Å²) in [5.74, 6) is -0.312. The van der Waals surface area contributed by atoms with E-state index in [9.17, 15) is 49.2 Å². The summed E-state index contributed by atoms with van der Waals surface area (Å²) >= 11 is 0. The van der Waals surface area contributed by atoms with Gasteiger partial charge in [0.15, 0.2) is 6.29 Å². The Morgan fingerprint density at radius 1 is 0.613 bits per heavy atom. The highest BCUT2D eigenvalue weighted by Gasteiger charge is 2.57. The maximum atomic E-state index is 14.3. The van der Waals surface area contributed by atoms with Crippen LogP contribution in [0, 0.1) is 5.92 Å². The minimum Gasteiger partial charge on any atom is -0.466 e. The molecule has 1 saturated heterocycles. The van der Waals surface area contributed by atoms with Gasteiger partial charge in [0.1, 0.15) is 69.4 Å². The number of likely N-dealkylation sites (N-methyl/N-ethyl adjacent to an activating group) is 1. The monoisotopic (exact) mass is 1140 g/mol. The van der Waals surface area contributed by atoms with E-state index in [0.29, 0.717) is 25.1 Å². The van der Waals surface area contributed by atoms with Crippen molar-refractivity contribution in [2.24, 2.45) is 5.92 Å². The highest BCUT2D eigenvalue weighted by molar-refractivity contribution is 5.87. The zero-order chi connectivity index (χ0) is 60.3. The zero-order valence-corrected chi connectivity index (χ0v) is 49.8. The van der Waals surface area contributed by atoms with Crippen LogP contribution in [0.2, 0.25) is 0 Å². The molecule has 5 aliphatic rings. The van der Waals surface area contributed by atoms with E-state index in [1.165, 1.54) is 14.0 Å². The van der Waals surface area contributed by atoms with E-state index in [4.69, 9.17) is 42.6 Å². The van der Waals surface area contributed by atoms with E-state index >= 15 is 0 Å². The van der Waals surface area contributed by atoms with Gasteiger partial charge in [-0.15, -0.1) is 0 Å². The van der Waals surface area contributed by atoms with Crippen molar-refractivity contribution in [2.45, 2.75) is 262 Å². The highest BCUT2D eigenvalue weighted by Crippen LogP contribution is 2.38. The van der Waals surface area contributed by atoms with Crippen molar-refractivity contribution < 1.29 is 91.8 Å². The number of aliphatic hydroxyl groups excluding tert-OH is 2. The maximum absolute atomic E-state index is 14.3. The Morgan fingerprint density at radius 3 is 1.56 bits per heavy atom. The molecule has 0 unspecified atom stereocenters. The smallest absolute Gasteiger partial charge is 0.410 e. The molecule has 0 bridgehead atoms. The number of carbonyl (C=O) groups excluding carboxylic acids is 6. The lowest BCUT2D eigenvalue weighted by Gasteiger charge is -2.51. The highest BCUT2D eigenvalue weighted by atomic mass is 16.7. The molecular formula is C54H93N7O19. The minimum absolute atomic E-state index is 0.0459. The third-order valence-electron chi connectivity index (χ3n) is 13.4. The first-order chi connectivity index (χ1) is 36.5. The molecule has 0 radical (unpaired) electrons. The van der Waals surface area contributed by atoms with Gasteiger partial charge in [-0.25, -0.2) is 24.0 Å². The van der Waals surface area contributed by atoms with Gasteiger partial charge in [0.05, 0.1) is 37.3 Å². The van der Waals surface area contributed by atoms with Gasteiger partial charge in [-0.2, -0.15) is 0 Å². The number of nitrogens with zero attached hydrogens (tertiary/aromatic N) is 1. The Hall–Kier alpha value is -4.96. The number of rotatable bonds is 15. The fraction of sp³-hybridized carbons (Fsp3) is 0.852. The molecule has 80 heavy (non-hydrogen) atoms. The molecule has 4 fully saturated rings.